The molecule has 0 radical (unpaired) electrons. The number of hydrogen-bond donors (Lipinski definition) is 2. The Morgan fingerprint density at radius 2 is 1.91 bits per heavy atom. The molecule has 2 aromatic heterocycles. The summed E-state index contributed by atoms with van der Waals surface area (Å²) in [4.78, 5) is 45.9. The average molecular weight is 485 g/mol. The summed E-state index contributed by atoms with van der Waals surface area (Å²) < 4.78 is 12.8. The maximum Gasteiger partial charge on any atom is 0.330 e. The predicted molar refractivity (Wildman–Crippen MR) is 128 cm³/mol. The van der Waals surface area contributed by atoms with Crippen LogP contribution in [0.2, 0.25) is 5.02 Å². The van der Waals surface area contributed by atoms with Crippen molar-refractivity contribution >= 4 is 34.2 Å². The van der Waals surface area contributed by atoms with Gasteiger partial charge in [0.05, 0.1) is 34.9 Å². The second-order valence-electron chi connectivity index (χ2n) is 9.11. The minimum Gasteiger partial charge on any atom is -0.490 e. The number of aromatic amines is 1. The number of aromatic nitrogens is 3. The van der Waals surface area contributed by atoms with Crippen molar-refractivity contribution in [2.75, 3.05) is 18.5 Å². The molecule has 9 nitrogen and oxygen atoms in total. The van der Waals surface area contributed by atoms with E-state index in [4.69, 9.17) is 21.1 Å². The van der Waals surface area contributed by atoms with Crippen LogP contribution in [0.4, 0.5) is 5.69 Å². The molecule has 3 aromatic rings. The van der Waals surface area contributed by atoms with Crippen LogP contribution in [0.25, 0.3) is 11.0 Å². The van der Waals surface area contributed by atoms with Gasteiger partial charge in [0.15, 0.2) is 17.1 Å². The molecule has 1 fully saturated rings. The number of halogens is 1. The second kappa shape index (κ2) is 8.79. The number of hydrogen-bond acceptors (Lipinski definition) is 6. The van der Waals surface area contributed by atoms with Crippen molar-refractivity contribution in [3.8, 4) is 11.5 Å². The quantitative estimate of drug-likeness (QED) is 0.570. The molecule has 1 aromatic carbocycles. The van der Waals surface area contributed by atoms with Crippen LogP contribution in [-0.2, 0) is 6.54 Å². The summed E-state index contributed by atoms with van der Waals surface area (Å²) in [7, 11) is 0. The number of rotatable bonds is 5. The van der Waals surface area contributed by atoms with E-state index >= 15 is 0 Å². The second-order valence-corrected chi connectivity index (χ2v) is 9.52. The standard InChI is InChI=1S/C24H25ClN4O5/c1-12(2)11-29-21-20(23(31)28-24(29)32)14(8-16(26-21)13-4-5-13)22(30)27-17-10-19-18(9-15(17)25)33-6-3-7-34-19/h8-10,12-13H,3-7,11H2,1-2H3,(H,27,30)(H,28,31,32). The van der Waals surface area contributed by atoms with Crippen LogP contribution in [0.3, 0.4) is 0 Å². The number of carbonyl (C=O) groups is 1. The molecule has 2 N–H and O–H groups in total. The van der Waals surface area contributed by atoms with Gasteiger partial charge in [0.25, 0.3) is 11.5 Å². The normalized spacial score (nSPS) is 15.4. The highest BCUT2D eigenvalue weighted by Gasteiger charge is 2.29. The van der Waals surface area contributed by atoms with E-state index in [-0.39, 0.29) is 33.5 Å². The van der Waals surface area contributed by atoms with Crippen LogP contribution in [0, 0.1) is 5.92 Å². The first-order valence-corrected chi connectivity index (χ1v) is 11.8. The first-order valence-electron chi connectivity index (χ1n) is 11.4. The van der Waals surface area contributed by atoms with Crippen molar-refractivity contribution < 1.29 is 14.3 Å². The summed E-state index contributed by atoms with van der Waals surface area (Å²) in [5, 5.41) is 3.16. The van der Waals surface area contributed by atoms with Gasteiger partial charge in [-0.3, -0.25) is 19.1 Å². The van der Waals surface area contributed by atoms with E-state index in [2.05, 4.69) is 15.3 Å². The molecule has 3 heterocycles. The Morgan fingerprint density at radius 3 is 2.59 bits per heavy atom. The molecule has 0 atom stereocenters. The summed E-state index contributed by atoms with van der Waals surface area (Å²) in [6, 6.07) is 4.86. The molecule has 0 bridgehead atoms. The molecule has 1 aliphatic heterocycles. The van der Waals surface area contributed by atoms with Crippen LogP contribution in [0.1, 0.15) is 55.1 Å². The molecular weight excluding hydrogens is 460 g/mol. The van der Waals surface area contributed by atoms with E-state index in [1.807, 2.05) is 13.8 Å². The molecule has 1 aliphatic carbocycles. The predicted octanol–water partition coefficient (Wildman–Crippen LogP) is 3.69. The Kier molecular flexibility index (Phi) is 5.81. The first kappa shape index (κ1) is 22.5. The Bertz CT molecular complexity index is 1410. The zero-order chi connectivity index (χ0) is 24.0. The maximum absolute atomic E-state index is 13.5. The van der Waals surface area contributed by atoms with E-state index in [9.17, 15) is 14.4 Å². The Hall–Kier alpha value is -3.33. The third-order valence-electron chi connectivity index (χ3n) is 5.84. The lowest BCUT2D eigenvalue weighted by Gasteiger charge is -2.16. The van der Waals surface area contributed by atoms with Crippen LogP contribution < -0.4 is 26.0 Å². The molecule has 2 aliphatic rings. The number of nitrogens with zero attached hydrogens (tertiary/aromatic N) is 2. The maximum atomic E-state index is 13.5. The van der Waals surface area contributed by atoms with Crippen LogP contribution >= 0.6 is 11.6 Å². The van der Waals surface area contributed by atoms with E-state index in [0.29, 0.717) is 42.6 Å². The van der Waals surface area contributed by atoms with Crippen LogP contribution in [0.5, 0.6) is 11.5 Å². The molecule has 34 heavy (non-hydrogen) atoms. The number of fused-ring (bicyclic) bond motifs is 2. The van der Waals surface area contributed by atoms with E-state index in [1.165, 1.54) is 4.57 Å². The summed E-state index contributed by atoms with van der Waals surface area (Å²) >= 11 is 6.41. The molecule has 0 unspecified atom stereocenters. The highest BCUT2D eigenvalue weighted by atomic mass is 35.5. The van der Waals surface area contributed by atoms with Gasteiger partial charge in [0, 0.05) is 36.7 Å². The summed E-state index contributed by atoms with van der Waals surface area (Å²) in [5.41, 5.74) is 0.218. The van der Waals surface area contributed by atoms with Crippen LogP contribution in [-0.4, -0.2) is 33.7 Å². The molecule has 1 saturated carbocycles. The average Bonchev–Trinajstić information content (AvgIpc) is 3.64. The minimum atomic E-state index is -0.648. The molecule has 0 saturated heterocycles. The summed E-state index contributed by atoms with van der Waals surface area (Å²) in [6.45, 7) is 5.30. The van der Waals surface area contributed by atoms with Crippen molar-refractivity contribution in [2.45, 2.75) is 45.6 Å². The van der Waals surface area contributed by atoms with Gasteiger partial charge < -0.3 is 14.8 Å². The summed E-state index contributed by atoms with van der Waals surface area (Å²) in [5.74, 6) is 0.820. The van der Waals surface area contributed by atoms with Gasteiger partial charge in [-0.15, -0.1) is 0 Å². The Morgan fingerprint density at radius 1 is 1.21 bits per heavy atom. The van der Waals surface area contributed by atoms with Crippen LogP contribution in [0.15, 0.2) is 27.8 Å². The highest BCUT2D eigenvalue weighted by Crippen LogP contribution is 2.41. The lowest BCUT2D eigenvalue weighted by molar-refractivity contribution is 0.102. The largest absolute Gasteiger partial charge is 0.490 e. The van der Waals surface area contributed by atoms with Crippen molar-refractivity contribution in [3.63, 3.8) is 0 Å². The van der Waals surface area contributed by atoms with Crippen molar-refractivity contribution in [2.24, 2.45) is 5.92 Å². The van der Waals surface area contributed by atoms with E-state index < -0.39 is 17.2 Å². The number of amides is 1. The van der Waals surface area contributed by atoms with Gasteiger partial charge in [-0.1, -0.05) is 25.4 Å². The lowest BCUT2D eigenvalue weighted by Crippen LogP contribution is -2.33. The molecule has 10 heteroatoms. The van der Waals surface area contributed by atoms with Crippen molar-refractivity contribution in [1.82, 2.24) is 14.5 Å². The third kappa shape index (κ3) is 4.27. The fourth-order valence-corrected chi connectivity index (χ4v) is 4.27. The number of benzene rings is 1. The number of carbonyl (C=O) groups excluding carboxylic acids is 1. The van der Waals surface area contributed by atoms with Gasteiger partial charge in [-0.25, -0.2) is 9.78 Å². The van der Waals surface area contributed by atoms with E-state index in [1.54, 1.807) is 18.2 Å². The van der Waals surface area contributed by atoms with Gasteiger partial charge >= 0.3 is 5.69 Å². The number of nitrogens with one attached hydrogen (secondary N) is 2. The Balaban J connectivity index is 1.62. The third-order valence-corrected chi connectivity index (χ3v) is 6.15. The number of pyridine rings is 1. The first-order chi connectivity index (χ1) is 16.3. The molecule has 0 spiro atoms. The number of H-pyrrole nitrogens is 1. The van der Waals surface area contributed by atoms with Crippen molar-refractivity contribution in [1.29, 1.82) is 0 Å². The molecule has 5 rings (SSSR count). The smallest absolute Gasteiger partial charge is 0.330 e. The highest BCUT2D eigenvalue weighted by molar-refractivity contribution is 6.34. The van der Waals surface area contributed by atoms with Gasteiger partial charge in [0.1, 0.15) is 0 Å². The molecule has 178 valence electrons. The summed E-state index contributed by atoms with van der Waals surface area (Å²) in [6.07, 6.45) is 2.64. The van der Waals surface area contributed by atoms with Gasteiger partial charge in [-0.2, -0.15) is 0 Å². The monoisotopic (exact) mass is 484 g/mol. The van der Waals surface area contributed by atoms with Crippen molar-refractivity contribution in [3.05, 3.63) is 55.3 Å². The number of anilines is 1. The molecule has 1 amide bonds. The zero-order valence-corrected chi connectivity index (χ0v) is 19.7. The van der Waals surface area contributed by atoms with E-state index in [0.717, 1.165) is 19.3 Å². The fourth-order valence-electron chi connectivity index (χ4n) is 4.06. The molecular formula is C24H25ClN4O5. The van der Waals surface area contributed by atoms with Gasteiger partial charge in [0.2, 0.25) is 0 Å². The Labute approximate surface area is 200 Å². The number of ether oxygens (including phenoxy) is 2. The SMILES string of the molecule is CC(C)Cn1c(=O)[nH]c(=O)c2c(C(=O)Nc3cc4c(cc3Cl)OCCCO4)cc(C3CC3)nc21. The topological polar surface area (TPSA) is 115 Å². The zero-order valence-electron chi connectivity index (χ0n) is 18.9. The fraction of sp³-hybridized carbons (Fsp3) is 0.417. The minimum absolute atomic E-state index is 0.0765. The lowest BCUT2D eigenvalue weighted by atomic mass is 10.1. The van der Waals surface area contributed by atoms with Gasteiger partial charge in [-0.05, 0) is 24.8 Å².